The molecule has 0 aliphatic heterocycles. The van der Waals surface area contributed by atoms with Gasteiger partial charge in [0.25, 0.3) is 0 Å². The number of furan rings is 1. The largest absolute Gasteiger partial charge is 0.472 e. The van der Waals surface area contributed by atoms with Crippen molar-refractivity contribution in [2.24, 2.45) is 5.73 Å². The van der Waals surface area contributed by atoms with E-state index in [1.54, 1.807) is 12.5 Å². The zero-order valence-corrected chi connectivity index (χ0v) is 10.2. The van der Waals surface area contributed by atoms with Crippen molar-refractivity contribution in [3.8, 4) is 0 Å². The lowest BCUT2D eigenvalue weighted by Crippen LogP contribution is -2.18. The third-order valence-corrected chi connectivity index (χ3v) is 2.70. The monoisotopic (exact) mass is 231 g/mol. The highest BCUT2D eigenvalue weighted by molar-refractivity contribution is 5.47. The summed E-state index contributed by atoms with van der Waals surface area (Å²) in [5.74, 6) is 0.975. The summed E-state index contributed by atoms with van der Waals surface area (Å²) in [6.07, 6.45) is 5.26. The van der Waals surface area contributed by atoms with Gasteiger partial charge in [-0.15, -0.1) is 0 Å². The van der Waals surface area contributed by atoms with Crippen LogP contribution in [0.4, 0.5) is 5.82 Å². The molecular weight excluding hydrogens is 214 g/mol. The molecule has 0 atom stereocenters. The molecule has 2 rings (SSSR count). The van der Waals surface area contributed by atoms with Gasteiger partial charge in [0.1, 0.15) is 5.82 Å². The van der Waals surface area contributed by atoms with Gasteiger partial charge in [0.2, 0.25) is 0 Å². The number of anilines is 1. The Bertz CT molecular complexity index is 479. The normalized spacial score (nSPS) is 10.5. The highest BCUT2D eigenvalue weighted by Crippen LogP contribution is 2.18. The van der Waals surface area contributed by atoms with Crippen molar-refractivity contribution in [1.29, 1.82) is 0 Å². The van der Waals surface area contributed by atoms with Gasteiger partial charge in [-0.25, -0.2) is 4.98 Å². The average molecular weight is 231 g/mol. The van der Waals surface area contributed by atoms with Crippen molar-refractivity contribution in [1.82, 2.24) is 4.98 Å². The fourth-order valence-corrected chi connectivity index (χ4v) is 1.87. The molecule has 2 heterocycles. The van der Waals surface area contributed by atoms with Gasteiger partial charge in [-0.1, -0.05) is 0 Å². The summed E-state index contributed by atoms with van der Waals surface area (Å²) >= 11 is 0. The molecule has 0 aliphatic carbocycles. The summed E-state index contributed by atoms with van der Waals surface area (Å²) in [5, 5.41) is 0. The van der Waals surface area contributed by atoms with E-state index in [1.165, 1.54) is 0 Å². The van der Waals surface area contributed by atoms with Crippen LogP contribution in [-0.2, 0) is 13.1 Å². The highest BCUT2D eigenvalue weighted by atomic mass is 16.3. The Morgan fingerprint density at radius 2 is 2.24 bits per heavy atom. The first kappa shape index (κ1) is 11.7. The van der Waals surface area contributed by atoms with Gasteiger partial charge >= 0.3 is 0 Å². The zero-order chi connectivity index (χ0) is 12.3. The Morgan fingerprint density at radius 1 is 1.41 bits per heavy atom. The van der Waals surface area contributed by atoms with Crippen molar-refractivity contribution in [3.63, 3.8) is 0 Å². The third kappa shape index (κ3) is 2.65. The van der Waals surface area contributed by atoms with E-state index < -0.39 is 0 Å². The van der Waals surface area contributed by atoms with Crippen LogP contribution >= 0.6 is 0 Å². The summed E-state index contributed by atoms with van der Waals surface area (Å²) in [4.78, 5) is 6.54. The number of hydrogen-bond donors (Lipinski definition) is 1. The molecule has 0 saturated carbocycles. The molecule has 90 valence electrons. The van der Waals surface area contributed by atoms with Gasteiger partial charge in [-0.3, -0.25) is 0 Å². The molecule has 0 amide bonds. The number of hydrogen-bond acceptors (Lipinski definition) is 4. The van der Waals surface area contributed by atoms with Crippen LogP contribution in [0.1, 0.15) is 16.7 Å². The van der Waals surface area contributed by atoms with Gasteiger partial charge in [-0.05, 0) is 30.2 Å². The molecule has 0 spiro atoms. The Hall–Kier alpha value is -1.81. The minimum Gasteiger partial charge on any atom is -0.472 e. The first-order chi connectivity index (χ1) is 8.20. The quantitative estimate of drug-likeness (QED) is 0.875. The second-order valence-corrected chi connectivity index (χ2v) is 4.18. The minimum atomic E-state index is 0.527. The summed E-state index contributed by atoms with van der Waals surface area (Å²) in [7, 11) is 2.02. The van der Waals surface area contributed by atoms with E-state index in [4.69, 9.17) is 10.2 Å². The molecule has 17 heavy (non-hydrogen) atoms. The zero-order valence-electron chi connectivity index (χ0n) is 10.2. The number of nitrogens with two attached hydrogens (primary N) is 1. The van der Waals surface area contributed by atoms with Crippen molar-refractivity contribution >= 4 is 5.82 Å². The molecule has 4 heteroatoms. The van der Waals surface area contributed by atoms with E-state index in [2.05, 4.69) is 16.0 Å². The third-order valence-electron chi connectivity index (χ3n) is 2.70. The van der Waals surface area contributed by atoms with Crippen molar-refractivity contribution in [2.75, 3.05) is 11.9 Å². The van der Waals surface area contributed by atoms with Crippen LogP contribution in [0, 0.1) is 6.92 Å². The van der Waals surface area contributed by atoms with Gasteiger partial charge in [0.15, 0.2) is 0 Å². The van der Waals surface area contributed by atoms with Gasteiger partial charge < -0.3 is 15.1 Å². The molecule has 0 bridgehead atoms. The van der Waals surface area contributed by atoms with Crippen LogP contribution in [-0.4, -0.2) is 12.0 Å². The van der Waals surface area contributed by atoms with E-state index in [0.29, 0.717) is 6.54 Å². The Labute approximate surface area is 101 Å². The first-order valence-corrected chi connectivity index (χ1v) is 5.58. The molecule has 0 aliphatic rings. The number of rotatable bonds is 4. The van der Waals surface area contributed by atoms with E-state index in [0.717, 1.165) is 29.1 Å². The Balaban J connectivity index is 2.16. The SMILES string of the molecule is Cc1cc(CN)cnc1N(C)Cc1ccoc1. The minimum absolute atomic E-state index is 0.527. The average Bonchev–Trinajstić information content (AvgIpc) is 2.81. The van der Waals surface area contributed by atoms with Crippen molar-refractivity contribution < 1.29 is 4.42 Å². The lowest BCUT2D eigenvalue weighted by atomic mass is 10.2. The molecule has 0 fully saturated rings. The predicted octanol–water partition coefficient (Wildman–Crippen LogP) is 2.08. The molecule has 2 aromatic rings. The maximum absolute atomic E-state index is 5.59. The highest BCUT2D eigenvalue weighted by Gasteiger charge is 2.08. The van der Waals surface area contributed by atoms with E-state index >= 15 is 0 Å². The summed E-state index contributed by atoms with van der Waals surface area (Å²) in [6, 6.07) is 4.04. The van der Waals surface area contributed by atoms with Crippen LogP contribution in [0.15, 0.2) is 35.3 Å². The van der Waals surface area contributed by atoms with Gasteiger partial charge in [0.05, 0.1) is 12.5 Å². The molecular formula is C13H17N3O. The Kier molecular flexibility index (Phi) is 3.44. The standard InChI is InChI=1S/C13H17N3O/c1-10-5-12(6-14)7-15-13(10)16(2)8-11-3-4-17-9-11/h3-5,7,9H,6,8,14H2,1-2H3. The number of nitrogens with zero attached hydrogens (tertiary/aromatic N) is 2. The van der Waals surface area contributed by atoms with Crippen LogP contribution < -0.4 is 10.6 Å². The summed E-state index contributed by atoms with van der Waals surface area (Å²) < 4.78 is 5.05. The van der Waals surface area contributed by atoms with Gasteiger partial charge in [-0.2, -0.15) is 0 Å². The molecule has 2 N–H and O–H groups in total. The number of pyridine rings is 1. The van der Waals surface area contributed by atoms with Crippen LogP contribution in [0.25, 0.3) is 0 Å². The smallest absolute Gasteiger partial charge is 0.131 e. The predicted molar refractivity (Wildman–Crippen MR) is 67.7 cm³/mol. The van der Waals surface area contributed by atoms with Crippen molar-refractivity contribution in [2.45, 2.75) is 20.0 Å². The topological polar surface area (TPSA) is 55.3 Å². The fourth-order valence-electron chi connectivity index (χ4n) is 1.87. The van der Waals surface area contributed by atoms with E-state index in [-0.39, 0.29) is 0 Å². The maximum atomic E-state index is 5.59. The number of aromatic nitrogens is 1. The second kappa shape index (κ2) is 5.01. The van der Waals surface area contributed by atoms with Crippen LogP contribution in [0.5, 0.6) is 0 Å². The Morgan fingerprint density at radius 3 is 2.82 bits per heavy atom. The molecule has 0 aromatic carbocycles. The maximum Gasteiger partial charge on any atom is 0.131 e. The van der Waals surface area contributed by atoms with E-state index in [9.17, 15) is 0 Å². The number of aryl methyl sites for hydroxylation is 1. The lowest BCUT2D eigenvalue weighted by Gasteiger charge is -2.19. The van der Waals surface area contributed by atoms with Crippen molar-refractivity contribution in [3.05, 3.63) is 47.5 Å². The summed E-state index contributed by atoms with van der Waals surface area (Å²) in [5.41, 5.74) is 8.92. The molecule has 0 radical (unpaired) electrons. The van der Waals surface area contributed by atoms with E-state index in [1.807, 2.05) is 26.2 Å². The first-order valence-electron chi connectivity index (χ1n) is 5.58. The summed E-state index contributed by atoms with van der Waals surface area (Å²) in [6.45, 7) is 3.36. The second-order valence-electron chi connectivity index (χ2n) is 4.18. The fraction of sp³-hybridized carbons (Fsp3) is 0.308. The lowest BCUT2D eigenvalue weighted by molar-refractivity contribution is 0.563. The van der Waals surface area contributed by atoms with Crippen LogP contribution in [0.2, 0.25) is 0 Å². The molecule has 0 saturated heterocycles. The molecule has 0 unspecified atom stereocenters. The molecule has 4 nitrogen and oxygen atoms in total. The van der Waals surface area contributed by atoms with Crippen LogP contribution in [0.3, 0.4) is 0 Å². The van der Waals surface area contributed by atoms with Gasteiger partial charge in [0, 0.05) is 31.9 Å². The molecule has 2 aromatic heterocycles.